The van der Waals surface area contributed by atoms with Gasteiger partial charge in [0.25, 0.3) is 0 Å². The van der Waals surface area contributed by atoms with E-state index in [0.717, 1.165) is 39.1 Å². The van der Waals surface area contributed by atoms with Crippen LogP contribution < -0.4 is 10.6 Å². The highest BCUT2D eigenvalue weighted by Crippen LogP contribution is 2.16. The summed E-state index contributed by atoms with van der Waals surface area (Å²) in [4.78, 5) is 11.8. The molecule has 0 aromatic carbocycles. The van der Waals surface area contributed by atoms with E-state index in [1.54, 1.807) is 0 Å². The molecule has 86 valence electrons. The minimum Gasteiger partial charge on any atom is -0.381 e. The van der Waals surface area contributed by atoms with Crippen molar-refractivity contribution in [1.82, 2.24) is 10.6 Å². The molecule has 1 amide bonds. The van der Waals surface area contributed by atoms with Gasteiger partial charge < -0.3 is 15.4 Å². The standard InChI is InChI=1S/C11H20N2O2/c1-8-10(2-4-12-8)11(14)13-6-9-3-5-15-7-9/h8-10,12H,2-7H2,1H3,(H,13,14). The number of carbonyl (C=O) groups is 1. The molecule has 2 N–H and O–H groups in total. The Bertz CT molecular complexity index is 227. The summed E-state index contributed by atoms with van der Waals surface area (Å²) in [7, 11) is 0. The highest BCUT2D eigenvalue weighted by Gasteiger charge is 2.29. The number of amides is 1. The summed E-state index contributed by atoms with van der Waals surface area (Å²) in [6, 6.07) is 0.324. The van der Waals surface area contributed by atoms with E-state index in [0.29, 0.717) is 12.0 Å². The third-order valence-electron chi connectivity index (χ3n) is 3.45. The molecule has 4 heteroatoms. The van der Waals surface area contributed by atoms with Gasteiger partial charge in [0.15, 0.2) is 0 Å². The average Bonchev–Trinajstić information content (AvgIpc) is 2.84. The zero-order valence-corrected chi connectivity index (χ0v) is 9.29. The van der Waals surface area contributed by atoms with E-state index in [-0.39, 0.29) is 11.8 Å². The minimum absolute atomic E-state index is 0.160. The summed E-state index contributed by atoms with van der Waals surface area (Å²) in [6.45, 7) is 5.48. The van der Waals surface area contributed by atoms with Gasteiger partial charge in [-0.2, -0.15) is 0 Å². The summed E-state index contributed by atoms with van der Waals surface area (Å²) < 4.78 is 5.27. The second-order valence-electron chi connectivity index (χ2n) is 4.61. The van der Waals surface area contributed by atoms with Crippen LogP contribution in [0.4, 0.5) is 0 Å². The van der Waals surface area contributed by atoms with E-state index in [4.69, 9.17) is 4.74 Å². The fourth-order valence-corrected chi connectivity index (χ4v) is 2.34. The molecule has 0 aliphatic carbocycles. The second kappa shape index (κ2) is 4.94. The molecule has 0 aromatic heterocycles. The maximum atomic E-state index is 11.8. The molecule has 0 spiro atoms. The number of hydrogen-bond donors (Lipinski definition) is 2. The largest absolute Gasteiger partial charge is 0.381 e. The Balaban J connectivity index is 1.71. The molecular formula is C11H20N2O2. The van der Waals surface area contributed by atoms with Gasteiger partial charge in [0.1, 0.15) is 0 Å². The zero-order valence-electron chi connectivity index (χ0n) is 9.29. The molecule has 3 atom stereocenters. The molecule has 0 radical (unpaired) electrons. The van der Waals surface area contributed by atoms with Crippen LogP contribution in [0.25, 0.3) is 0 Å². The molecule has 15 heavy (non-hydrogen) atoms. The highest BCUT2D eigenvalue weighted by atomic mass is 16.5. The van der Waals surface area contributed by atoms with Gasteiger partial charge in [-0.1, -0.05) is 0 Å². The Kier molecular flexibility index (Phi) is 3.59. The van der Waals surface area contributed by atoms with Crippen molar-refractivity contribution in [2.45, 2.75) is 25.8 Å². The summed E-state index contributed by atoms with van der Waals surface area (Å²) in [6.07, 6.45) is 2.05. The van der Waals surface area contributed by atoms with E-state index in [1.807, 2.05) is 0 Å². The topological polar surface area (TPSA) is 50.4 Å². The fourth-order valence-electron chi connectivity index (χ4n) is 2.34. The van der Waals surface area contributed by atoms with Crippen molar-refractivity contribution >= 4 is 5.91 Å². The molecule has 4 nitrogen and oxygen atoms in total. The van der Waals surface area contributed by atoms with Crippen LogP contribution in [0.15, 0.2) is 0 Å². The Morgan fingerprint density at radius 1 is 1.53 bits per heavy atom. The van der Waals surface area contributed by atoms with Crippen molar-refractivity contribution in [2.24, 2.45) is 11.8 Å². The normalized spacial score (nSPS) is 35.7. The summed E-state index contributed by atoms with van der Waals surface area (Å²) in [5.41, 5.74) is 0. The molecule has 0 aromatic rings. The first-order valence-corrected chi connectivity index (χ1v) is 5.86. The number of rotatable bonds is 3. The number of carbonyl (C=O) groups excluding carboxylic acids is 1. The maximum absolute atomic E-state index is 11.8. The SMILES string of the molecule is CC1NCCC1C(=O)NCC1CCOC1. The first kappa shape index (κ1) is 10.9. The molecule has 0 saturated carbocycles. The van der Waals surface area contributed by atoms with Gasteiger partial charge in [-0.05, 0) is 26.3 Å². The van der Waals surface area contributed by atoms with Crippen LogP contribution >= 0.6 is 0 Å². The smallest absolute Gasteiger partial charge is 0.224 e. The van der Waals surface area contributed by atoms with Gasteiger partial charge >= 0.3 is 0 Å². The molecule has 2 fully saturated rings. The lowest BCUT2D eigenvalue weighted by molar-refractivity contribution is -0.125. The Morgan fingerprint density at radius 3 is 3.00 bits per heavy atom. The lowest BCUT2D eigenvalue weighted by Crippen LogP contribution is -2.38. The first-order chi connectivity index (χ1) is 7.27. The second-order valence-corrected chi connectivity index (χ2v) is 4.61. The average molecular weight is 212 g/mol. The van der Waals surface area contributed by atoms with Crippen LogP contribution in [-0.4, -0.2) is 38.3 Å². The molecule has 2 rings (SSSR count). The van der Waals surface area contributed by atoms with E-state index < -0.39 is 0 Å². The van der Waals surface area contributed by atoms with Crippen molar-refractivity contribution in [3.8, 4) is 0 Å². The summed E-state index contributed by atoms with van der Waals surface area (Å²) in [5.74, 6) is 0.894. The summed E-state index contributed by atoms with van der Waals surface area (Å²) >= 11 is 0. The van der Waals surface area contributed by atoms with Crippen molar-refractivity contribution < 1.29 is 9.53 Å². The molecule has 2 heterocycles. The number of hydrogen-bond acceptors (Lipinski definition) is 3. The highest BCUT2D eigenvalue weighted by molar-refractivity contribution is 5.79. The Morgan fingerprint density at radius 2 is 2.40 bits per heavy atom. The molecular weight excluding hydrogens is 192 g/mol. The fraction of sp³-hybridized carbons (Fsp3) is 0.909. The van der Waals surface area contributed by atoms with E-state index in [9.17, 15) is 4.79 Å². The van der Waals surface area contributed by atoms with Gasteiger partial charge in [-0.3, -0.25) is 4.79 Å². The zero-order chi connectivity index (χ0) is 10.7. The lowest BCUT2D eigenvalue weighted by Gasteiger charge is -2.16. The van der Waals surface area contributed by atoms with Crippen LogP contribution in [0.1, 0.15) is 19.8 Å². The van der Waals surface area contributed by atoms with Crippen molar-refractivity contribution in [1.29, 1.82) is 0 Å². The van der Waals surface area contributed by atoms with Crippen LogP contribution in [0.5, 0.6) is 0 Å². The quantitative estimate of drug-likeness (QED) is 0.699. The lowest BCUT2D eigenvalue weighted by atomic mass is 10.0. The van der Waals surface area contributed by atoms with Crippen LogP contribution in [0.3, 0.4) is 0 Å². The predicted molar refractivity (Wildman–Crippen MR) is 57.5 cm³/mol. The third-order valence-corrected chi connectivity index (χ3v) is 3.45. The Hall–Kier alpha value is -0.610. The summed E-state index contributed by atoms with van der Waals surface area (Å²) in [5, 5.41) is 6.33. The van der Waals surface area contributed by atoms with E-state index >= 15 is 0 Å². The van der Waals surface area contributed by atoms with Gasteiger partial charge in [-0.25, -0.2) is 0 Å². The molecule has 3 unspecified atom stereocenters. The first-order valence-electron chi connectivity index (χ1n) is 5.86. The number of nitrogens with one attached hydrogen (secondary N) is 2. The predicted octanol–water partition coefficient (Wildman–Crippen LogP) is 0.137. The van der Waals surface area contributed by atoms with Crippen LogP contribution in [-0.2, 0) is 9.53 Å². The third kappa shape index (κ3) is 2.69. The molecule has 2 aliphatic rings. The van der Waals surface area contributed by atoms with Crippen molar-refractivity contribution in [3.05, 3.63) is 0 Å². The van der Waals surface area contributed by atoms with Gasteiger partial charge in [-0.15, -0.1) is 0 Å². The Labute approximate surface area is 90.8 Å². The molecule has 2 aliphatic heterocycles. The van der Waals surface area contributed by atoms with Crippen LogP contribution in [0, 0.1) is 11.8 Å². The van der Waals surface area contributed by atoms with Crippen LogP contribution in [0.2, 0.25) is 0 Å². The van der Waals surface area contributed by atoms with Crippen molar-refractivity contribution in [3.63, 3.8) is 0 Å². The molecule has 0 bridgehead atoms. The van der Waals surface area contributed by atoms with Gasteiger partial charge in [0, 0.05) is 25.1 Å². The maximum Gasteiger partial charge on any atom is 0.224 e. The monoisotopic (exact) mass is 212 g/mol. The minimum atomic E-state index is 0.160. The van der Waals surface area contributed by atoms with Gasteiger partial charge in [0.2, 0.25) is 5.91 Å². The van der Waals surface area contributed by atoms with E-state index in [2.05, 4.69) is 17.6 Å². The molecule has 2 saturated heterocycles. The van der Waals surface area contributed by atoms with Crippen molar-refractivity contribution in [2.75, 3.05) is 26.3 Å². The van der Waals surface area contributed by atoms with Gasteiger partial charge in [0.05, 0.1) is 12.5 Å². The number of ether oxygens (including phenoxy) is 1. The van der Waals surface area contributed by atoms with E-state index in [1.165, 1.54) is 0 Å².